The maximum absolute atomic E-state index is 12.9. The maximum Gasteiger partial charge on any atom is 0.257 e. The molecule has 0 aromatic heterocycles. The van der Waals surface area contributed by atoms with E-state index in [0.29, 0.717) is 35.5 Å². The van der Waals surface area contributed by atoms with E-state index >= 15 is 0 Å². The van der Waals surface area contributed by atoms with Crippen LogP contribution in [0.15, 0.2) is 48.5 Å². The SMILES string of the molecule is COc1cc(Cl)ccc1C(=O)N1CCC(OC2CCN(Cc3ccccc3)CC2)CC1. The zero-order valence-electron chi connectivity index (χ0n) is 18.1. The van der Waals surface area contributed by atoms with Crippen LogP contribution in [0, 0.1) is 0 Å². The molecule has 1 amide bonds. The molecule has 2 aromatic rings. The van der Waals surface area contributed by atoms with Crippen molar-refractivity contribution in [3.63, 3.8) is 0 Å². The molecule has 0 aliphatic carbocycles. The van der Waals surface area contributed by atoms with Crippen molar-refractivity contribution in [3.05, 3.63) is 64.7 Å². The molecule has 166 valence electrons. The number of ether oxygens (including phenoxy) is 2. The smallest absolute Gasteiger partial charge is 0.257 e. The summed E-state index contributed by atoms with van der Waals surface area (Å²) >= 11 is 6.02. The Morgan fingerprint density at radius 2 is 1.61 bits per heavy atom. The number of hydrogen-bond donors (Lipinski definition) is 0. The monoisotopic (exact) mass is 442 g/mol. The molecule has 0 spiro atoms. The maximum atomic E-state index is 12.9. The third kappa shape index (κ3) is 5.79. The highest BCUT2D eigenvalue weighted by Gasteiger charge is 2.29. The second-order valence-electron chi connectivity index (χ2n) is 8.43. The van der Waals surface area contributed by atoms with Crippen LogP contribution in [-0.4, -0.2) is 61.2 Å². The number of piperidine rings is 2. The van der Waals surface area contributed by atoms with Crippen LogP contribution in [0.2, 0.25) is 5.02 Å². The Balaban J connectivity index is 1.22. The van der Waals surface area contributed by atoms with Gasteiger partial charge in [0, 0.05) is 37.7 Å². The molecule has 31 heavy (non-hydrogen) atoms. The first-order valence-electron chi connectivity index (χ1n) is 11.2. The number of carbonyl (C=O) groups excluding carboxylic acids is 1. The van der Waals surface area contributed by atoms with Crippen LogP contribution in [-0.2, 0) is 11.3 Å². The molecule has 0 bridgehead atoms. The number of methoxy groups -OCH3 is 1. The molecule has 0 N–H and O–H groups in total. The Kier molecular flexibility index (Phi) is 7.49. The van der Waals surface area contributed by atoms with Gasteiger partial charge in [-0.2, -0.15) is 0 Å². The van der Waals surface area contributed by atoms with Crippen LogP contribution in [0.5, 0.6) is 5.75 Å². The van der Waals surface area contributed by atoms with Gasteiger partial charge in [-0.15, -0.1) is 0 Å². The van der Waals surface area contributed by atoms with E-state index in [0.717, 1.165) is 45.3 Å². The van der Waals surface area contributed by atoms with Gasteiger partial charge in [-0.05, 0) is 49.4 Å². The van der Waals surface area contributed by atoms with Crippen LogP contribution in [0.4, 0.5) is 0 Å². The fourth-order valence-corrected chi connectivity index (χ4v) is 4.69. The van der Waals surface area contributed by atoms with E-state index in [4.69, 9.17) is 21.1 Å². The Hall–Kier alpha value is -2.08. The highest BCUT2D eigenvalue weighted by molar-refractivity contribution is 6.30. The lowest BCUT2D eigenvalue weighted by Crippen LogP contribution is -2.43. The van der Waals surface area contributed by atoms with Crippen molar-refractivity contribution in [1.29, 1.82) is 0 Å². The largest absolute Gasteiger partial charge is 0.496 e. The van der Waals surface area contributed by atoms with E-state index < -0.39 is 0 Å². The predicted molar refractivity (Wildman–Crippen MR) is 123 cm³/mol. The molecule has 0 radical (unpaired) electrons. The van der Waals surface area contributed by atoms with Gasteiger partial charge in [0.15, 0.2) is 0 Å². The van der Waals surface area contributed by atoms with Crippen LogP contribution in [0.3, 0.4) is 0 Å². The molecule has 2 heterocycles. The van der Waals surface area contributed by atoms with Gasteiger partial charge < -0.3 is 14.4 Å². The standard InChI is InChI=1S/C25H31ClN2O3/c1-30-24-17-20(26)7-8-23(24)25(29)28-15-11-22(12-16-28)31-21-9-13-27(14-10-21)18-19-5-3-2-4-6-19/h2-8,17,21-22H,9-16,18H2,1H3. The van der Waals surface area contributed by atoms with Gasteiger partial charge in [0.2, 0.25) is 0 Å². The van der Waals surface area contributed by atoms with Crippen molar-refractivity contribution in [2.24, 2.45) is 0 Å². The minimum Gasteiger partial charge on any atom is -0.496 e. The van der Waals surface area contributed by atoms with Gasteiger partial charge in [-0.3, -0.25) is 9.69 Å². The van der Waals surface area contributed by atoms with E-state index in [2.05, 4.69) is 35.2 Å². The zero-order valence-corrected chi connectivity index (χ0v) is 18.9. The van der Waals surface area contributed by atoms with Crippen LogP contribution >= 0.6 is 11.6 Å². The normalized spacial score (nSPS) is 18.8. The minimum atomic E-state index is 0.00110. The summed E-state index contributed by atoms with van der Waals surface area (Å²) < 4.78 is 11.8. The van der Waals surface area contributed by atoms with Gasteiger partial charge in [0.05, 0.1) is 24.9 Å². The van der Waals surface area contributed by atoms with Crippen molar-refractivity contribution in [1.82, 2.24) is 9.80 Å². The van der Waals surface area contributed by atoms with Gasteiger partial charge in [-0.1, -0.05) is 41.9 Å². The van der Waals surface area contributed by atoms with E-state index in [1.165, 1.54) is 5.56 Å². The molecule has 0 unspecified atom stereocenters. The average Bonchev–Trinajstić information content (AvgIpc) is 2.81. The van der Waals surface area contributed by atoms with Crippen LogP contribution in [0.1, 0.15) is 41.6 Å². The summed E-state index contributed by atoms with van der Waals surface area (Å²) in [5.74, 6) is 0.527. The van der Waals surface area contributed by atoms with E-state index in [-0.39, 0.29) is 12.0 Å². The number of benzene rings is 2. The van der Waals surface area contributed by atoms with E-state index in [9.17, 15) is 4.79 Å². The molecule has 6 heteroatoms. The third-order valence-electron chi connectivity index (χ3n) is 6.29. The lowest BCUT2D eigenvalue weighted by Gasteiger charge is -2.37. The molecule has 5 nitrogen and oxygen atoms in total. The summed E-state index contributed by atoms with van der Waals surface area (Å²) in [6, 6.07) is 15.8. The first-order chi connectivity index (χ1) is 15.1. The van der Waals surface area contributed by atoms with E-state index in [1.807, 2.05) is 4.90 Å². The summed E-state index contributed by atoms with van der Waals surface area (Å²) in [6.07, 6.45) is 4.48. The first kappa shape index (κ1) is 22.1. The van der Waals surface area contributed by atoms with Crippen molar-refractivity contribution < 1.29 is 14.3 Å². The number of likely N-dealkylation sites (tertiary alicyclic amines) is 2. The first-order valence-corrected chi connectivity index (χ1v) is 11.5. The summed E-state index contributed by atoms with van der Waals surface area (Å²) in [7, 11) is 1.56. The quantitative estimate of drug-likeness (QED) is 0.653. The second kappa shape index (κ2) is 10.5. The Labute approximate surface area is 189 Å². The number of nitrogens with zero attached hydrogens (tertiary/aromatic N) is 2. The molecule has 2 aliphatic rings. The molecule has 2 fully saturated rings. The van der Waals surface area contributed by atoms with Crippen molar-refractivity contribution >= 4 is 17.5 Å². The second-order valence-corrected chi connectivity index (χ2v) is 8.87. The molecule has 0 atom stereocenters. The van der Waals surface area contributed by atoms with Crippen LogP contribution < -0.4 is 4.74 Å². The summed E-state index contributed by atoms with van der Waals surface area (Å²) in [5, 5.41) is 0.565. The summed E-state index contributed by atoms with van der Waals surface area (Å²) in [6.45, 7) is 4.59. The Morgan fingerprint density at radius 1 is 0.968 bits per heavy atom. The minimum absolute atomic E-state index is 0.00110. The number of rotatable bonds is 6. The van der Waals surface area contributed by atoms with E-state index in [1.54, 1.807) is 25.3 Å². The van der Waals surface area contributed by atoms with Gasteiger partial charge in [0.25, 0.3) is 5.91 Å². The van der Waals surface area contributed by atoms with Crippen LogP contribution in [0.25, 0.3) is 0 Å². The molecule has 0 saturated carbocycles. The fourth-order valence-electron chi connectivity index (χ4n) is 4.52. The molecular formula is C25H31ClN2O3. The molecular weight excluding hydrogens is 412 g/mol. The number of carbonyl (C=O) groups is 1. The topological polar surface area (TPSA) is 42.0 Å². The number of hydrogen-bond acceptors (Lipinski definition) is 4. The average molecular weight is 443 g/mol. The van der Waals surface area contributed by atoms with Crippen molar-refractivity contribution in [3.8, 4) is 5.75 Å². The Morgan fingerprint density at radius 3 is 2.26 bits per heavy atom. The third-order valence-corrected chi connectivity index (χ3v) is 6.53. The summed E-state index contributed by atoms with van der Waals surface area (Å²) in [4.78, 5) is 17.3. The zero-order chi connectivity index (χ0) is 21.6. The van der Waals surface area contributed by atoms with Gasteiger partial charge in [-0.25, -0.2) is 0 Å². The highest BCUT2D eigenvalue weighted by atomic mass is 35.5. The number of amides is 1. The lowest BCUT2D eigenvalue weighted by molar-refractivity contribution is -0.0629. The van der Waals surface area contributed by atoms with Gasteiger partial charge in [0.1, 0.15) is 5.75 Å². The van der Waals surface area contributed by atoms with Crippen molar-refractivity contribution in [2.45, 2.75) is 44.4 Å². The summed E-state index contributed by atoms with van der Waals surface area (Å²) in [5.41, 5.74) is 1.94. The van der Waals surface area contributed by atoms with Crippen molar-refractivity contribution in [2.75, 3.05) is 33.3 Å². The van der Waals surface area contributed by atoms with Gasteiger partial charge >= 0.3 is 0 Å². The molecule has 2 aliphatic heterocycles. The fraction of sp³-hybridized carbons (Fsp3) is 0.480. The predicted octanol–water partition coefficient (Wildman–Crippen LogP) is 4.63. The molecule has 2 aromatic carbocycles. The lowest BCUT2D eigenvalue weighted by atomic mass is 10.0. The molecule has 2 saturated heterocycles. The Bertz CT molecular complexity index is 860. The number of halogens is 1. The highest BCUT2D eigenvalue weighted by Crippen LogP contribution is 2.27. The molecule has 4 rings (SSSR count).